The van der Waals surface area contributed by atoms with Gasteiger partial charge in [0.15, 0.2) is 6.23 Å². The molecule has 1 aromatic heterocycles. The summed E-state index contributed by atoms with van der Waals surface area (Å²) in [6.45, 7) is -3.63. The van der Waals surface area contributed by atoms with E-state index in [1.165, 1.54) is 0 Å². The van der Waals surface area contributed by atoms with Crippen molar-refractivity contribution in [3.63, 3.8) is 0 Å². The molecule has 8 heteroatoms. The number of anilines is 1. The second kappa shape index (κ2) is 4.41. The van der Waals surface area contributed by atoms with Crippen LogP contribution in [-0.4, -0.2) is 49.7 Å². The zero-order valence-electron chi connectivity index (χ0n) is 13.4. The number of hydrogen-bond acceptors (Lipinski definition) is 7. The summed E-state index contributed by atoms with van der Waals surface area (Å²) in [5.74, 6) is -0.191. The maximum absolute atomic E-state index is 11.7. The van der Waals surface area contributed by atoms with Crippen molar-refractivity contribution in [2.45, 2.75) is 24.5 Å². The molecule has 94 valence electrons. The van der Waals surface area contributed by atoms with Gasteiger partial charge < -0.3 is 25.8 Å². The minimum Gasteiger partial charge on any atom is -0.394 e. The molecule has 4 atom stereocenters. The molecule has 0 aliphatic carbocycles. The van der Waals surface area contributed by atoms with Crippen LogP contribution >= 0.6 is 0 Å². The Balaban J connectivity index is 2.63. The van der Waals surface area contributed by atoms with E-state index in [0.29, 0.717) is 4.57 Å². The Morgan fingerprint density at radius 3 is 2.88 bits per heavy atom. The number of aliphatic hydroxyl groups is 3. The Labute approximate surface area is 103 Å². The van der Waals surface area contributed by atoms with Crippen LogP contribution in [0.4, 0.5) is 5.82 Å². The van der Waals surface area contributed by atoms with E-state index in [0.717, 1.165) is 12.3 Å². The topological polar surface area (TPSA) is 131 Å². The number of nitrogens with two attached hydrogens (primary N) is 1. The summed E-state index contributed by atoms with van der Waals surface area (Å²) in [4.78, 5) is 15.0. The quantitative estimate of drug-likeness (QED) is 0.452. The van der Waals surface area contributed by atoms with E-state index in [1.807, 2.05) is 0 Å². The van der Waals surface area contributed by atoms with Gasteiger partial charge in [-0.05, 0) is 6.07 Å². The molecule has 17 heavy (non-hydrogen) atoms. The van der Waals surface area contributed by atoms with E-state index < -0.39 is 36.7 Å². The van der Waals surface area contributed by atoms with E-state index in [9.17, 15) is 20.1 Å². The molecule has 2 heterocycles. The summed E-state index contributed by atoms with van der Waals surface area (Å²) >= 11 is 0. The first-order valence-corrected chi connectivity index (χ1v) is 4.45. The number of hydrogen-bond donors (Lipinski definition) is 4. The van der Waals surface area contributed by atoms with Gasteiger partial charge in [0, 0.05) is 6.20 Å². The number of aromatic nitrogens is 2. The summed E-state index contributed by atoms with van der Waals surface area (Å²) in [7, 11) is 0. The van der Waals surface area contributed by atoms with Crippen molar-refractivity contribution in [2.24, 2.45) is 0 Å². The van der Waals surface area contributed by atoms with Crippen LogP contribution in [0, 0.1) is 0 Å². The van der Waals surface area contributed by atoms with Gasteiger partial charge in [-0.2, -0.15) is 4.98 Å². The predicted molar refractivity (Wildman–Crippen MR) is 55.9 cm³/mol. The molecule has 0 spiro atoms. The summed E-state index contributed by atoms with van der Waals surface area (Å²) in [5, 5.41) is 29.3. The molecule has 1 aromatic rings. The van der Waals surface area contributed by atoms with Crippen molar-refractivity contribution in [3.8, 4) is 0 Å². The molecule has 1 saturated heterocycles. The van der Waals surface area contributed by atoms with Crippen molar-refractivity contribution >= 4 is 5.82 Å². The van der Waals surface area contributed by atoms with E-state index >= 15 is 0 Å². The molecule has 0 aromatic carbocycles. The zero-order chi connectivity index (χ0) is 17.1. The molecule has 1 aliphatic heterocycles. The van der Waals surface area contributed by atoms with Crippen LogP contribution in [-0.2, 0) is 4.74 Å². The van der Waals surface area contributed by atoms with Crippen molar-refractivity contribution in [1.29, 1.82) is 0 Å². The van der Waals surface area contributed by atoms with Gasteiger partial charge in [-0.15, -0.1) is 0 Å². The Hall–Kier alpha value is -1.48. The van der Waals surface area contributed by atoms with Gasteiger partial charge in [-0.3, -0.25) is 4.57 Å². The predicted octanol–water partition coefficient (Wildman–Crippen LogP) is -2.56. The number of ether oxygens (including phenoxy) is 1. The van der Waals surface area contributed by atoms with E-state index in [4.69, 9.17) is 17.3 Å². The normalized spacial score (nSPS) is 51.0. The smallest absolute Gasteiger partial charge is 0.351 e. The van der Waals surface area contributed by atoms with Gasteiger partial charge in [0.2, 0.25) is 0 Å². The van der Waals surface area contributed by atoms with E-state index in [-0.39, 0.29) is 5.82 Å². The molecule has 2 rings (SSSR count). The minimum absolute atomic E-state index is 0.191. The third-order valence-electron chi connectivity index (χ3n) is 2.13. The van der Waals surface area contributed by atoms with Gasteiger partial charge in [-0.1, -0.05) is 0 Å². The third kappa shape index (κ3) is 2.03. The first-order valence-electron chi connectivity index (χ1n) is 6.95. The average Bonchev–Trinajstić information content (AvgIpc) is 2.47. The van der Waals surface area contributed by atoms with Gasteiger partial charge in [0.25, 0.3) is 0 Å². The Bertz CT molecular complexity index is 660. The molecule has 0 amide bonds. The highest BCUT2D eigenvalue weighted by atomic mass is 16.6. The standard InChI is InChI=1S/C9H13N3O5/c10-5-1-2-12(9(16)11-5)8-7(15)6(14)4(3-13)17-8/h1-2,4,6-8,13-15H,3H2,(H2,10,11,16)/t4-,6-,7-,8-/m1/s1/i3D2,4D,6D,7D. The number of nitrogen functional groups attached to an aromatic ring is 1. The second-order valence-electron chi connectivity index (χ2n) is 3.19. The lowest BCUT2D eigenvalue weighted by molar-refractivity contribution is -0.0549. The molecular weight excluding hydrogens is 230 g/mol. The van der Waals surface area contributed by atoms with E-state index in [1.54, 1.807) is 0 Å². The lowest BCUT2D eigenvalue weighted by atomic mass is 10.1. The fraction of sp³-hybridized carbons (Fsp3) is 0.556. The van der Waals surface area contributed by atoms with Crippen LogP contribution in [0.25, 0.3) is 0 Å². The SMILES string of the molecule is [2H]C([2H])(O)[C@@]1([2H])O[C@@H](n2ccc(N)nc2=O)[C@]([2H])(O)[C@]1([2H])O. The summed E-state index contributed by atoms with van der Waals surface area (Å²) in [5.41, 5.74) is 4.14. The Kier molecular flexibility index (Phi) is 1.83. The van der Waals surface area contributed by atoms with Gasteiger partial charge >= 0.3 is 5.69 Å². The molecular formula is C9H13N3O5. The third-order valence-corrected chi connectivity index (χ3v) is 2.13. The highest BCUT2D eigenvalue weighted by molar-refractivity contribution is 5.23. The maximum atomic E-state index is 11.7. The average molecular weight is 248 g/mol. The largest absolute Gasteiger partial charge is 0.394 e. The maximum Gasteiger partial charge on any atom is 0.351 e. The number of rotatable bonds is 2. The lowest BCUT2D eigenvalue weighted by Crippen LogP contribution is -2.36. The molecule has 8 nitrogen and oxygen atoms in total. The first kappa shape index (κ1) is 7.07. The van der Waals surface area contributed by atoms with Crippen molar-refractivity contribution < 1.29 is 26.9 Å². The van der Waals surface area contributed by atoms with Crippen LogP contribution in [0.5, 0.6) is 0 Å². The summed E-state index contributed by atoms with van der Waals surface area (Å²) in [6, 6.07) is 1.08. The molecule has 0 radical (unpaired) electrons. The van der Waals surface area contributed by atoms with E-state index in [2.05, 4.69) is 4.98 Å². The van der Waals surface area contributed by atoms with Crippen LogP contribution in [0.3, 0.4) is 0 Å². The highest BCUT2D eigenvalue weighted by Gasteiger charge is 2.43. The van der Waals surface area contributed by atoms with Crippen molar-refractivity contribution in [1.82, 2.24) is 9.55 Å². The highest BCUT2D eigenvalue weighted by Crippen LogP contribution is 2.27. The molecule has 1 fully saturated rings. The molecule has 1 aliphatic rings. The first-order chi connectivity index (χ1) is 9.75. The summed E-state index contributed by atoms with van der Waals surface area (Å²) in [6.07, 6.45) is -11.7. The molecule has 0 saturated carbocycles. The van der Waals surface area contributed by atoms with Crippen LogP contribution in [0.2, 0.25) is 0 Å². The van der Waals surface area contributed by atoms with Crippen molar-refractivity contribution in [3.05, 3.63) is 22.7 Å². The second-order valence-corrected chi connectivity index (χ2v) is 3.19. The van der Waals surface area contributed by atoms with Crippen LogP contribution in [0.15, 0.2) is 17.1 Å². The van der Waals surface area contributed by atoms with Gasteiger partial charge in [0.05, 0.1) is 13.4 Å². The molecule has 0 bridgehead atoms. The monoisotopic (exact) mass is 248 g/mol. The molecule has 5 N–H and O–H groups in total. The zero-order valence-corrected chi connectivity index (χ0v) is 8.36. The van der Waals surface area contributed by atoms with Gasteiger partial charge in [0.1, 0.15) is 24.1 Å². The molecule has 0 unspecified atom stereocenters. The summed E-state index contributed by atoms with van der Waals surface area (Å²) < 4.78 is 42.2. The van der Waals surface area contributed by atoms with Crippen molar-refractivity contribution in [2.75, 3.05) is 12.3 Å². The fourth-order valence-corrected chi connectivity index (χ4v) is 1.33. The van der Waals surface area contributed by atoms with Crippen LogP contribution < -0.4 is 11.4 Å². The lowest BCUT2D eigenvalue weighted by Gasteiger charge is -2.16. The fourth-order valence-electron chi connectivity index (χ4n) is 1.33. The van der Waals surface area contributed by atoms with Gasteiger partial charge in [-0.25, -0.2) is 4.79 Å². The minimum atomic E-state index is -3.64. The Morgan fingerprint density at radius 2 is 2.35 bits per heavy atom. The number of nitrogens with zero attached hydrogens (tertiary/aromatic N) is 2. The Morgan fingerprint density at radius 1 is 1.65 bits per heavy atom. The van der Waals surface area contributed by atoms with Crippen LogP contribution in [0.1, 0.15) is 13.1 Å².